The first-order valence-electron chi connectivity index (χ1n) is 5.41. The van der Waals surface area contributed by atoms with Gasteiger partial charge in [0.05, 0.1) is 10.6 Å². The number of nitrogens with zero attached hydrogens (tertiary/aromatic N) is 1. The Balaban J connectivity index is 1.99. The van der Waals surface area contributed by atoms with Gasteiger partial charge in [0.2, 0.25) is 0 Å². The van der Waals surface area contributed by atoms with Gasteiger partial charge in [-0.3, -0.25) is 0 Å². The molecular formula is C11H18N2OS. The van der Waals surface area contributed by atoms with Crippen molar-refractivity contribution in [3.05, 3.63) is 16.1 Å². The molecule has 15 heavy (non-hydrogen) atoms. The van der Waals surface area contributed by atoms with Gasteiger partial charge in [0.1, 0.15) is 0 Å². The fourth-order valence-corrected chi connectivity index (χ4v) is 2.83. The summed E-state index contributed by atoms with van der Waals surface area (Å²) in [5.41, 5.74) is 7.14. The van der Waals surface area contributed by atoms with Gasteiger partial charge in [-0.2, -0.15) is 0 Å². The van der Waals surface area contributed by atoms with Crippen molar-refractivity contribution in [2.24, 2.45) is 5.73 Å². The molecule has 0 bridgehead atoms. The van der Waals surface area contributed by atoms with Crippen LogP contribution >= 0.6 is 11.3 Å². The van der Waals surface area contributed by atoms with Crippen LogP contribution in [0.3, 0.4) is 0 Å². The average molecular weight is 226 g/mol. The summed E-state index contributed by atoms with van der Waals surface area (Å²) in [4.78, 5) is 4.44. The van der Waals surface area contributed by atoms with E-state index in [0.29, 0.717) is 0 Å². The number of aromatic nitrogens is 1. The third-order valence-corrected chi connectivity index (χ3v) is 4.08. The molecule has 1 aromatic rings. The highest BCUT2D eigenvalue weighted by Crippen LogP contribution is 2.29. The number of hydrogen-bond donors (Lipinski definition) is 1. The maximum Gasteiger partial charge on any atom is 0.0944 e. The minimum Gasteiger partial charge on any atom is -0.374 e. The number of ether oxygens (including phenoxy) is 1. The third-order valence-electron chi connectivity index (χ3n) is 3.09. The number of hydrogen-bond acceptors (Lipinski definition) is 4. The average Bonchev–Trinajstić information content (AvgIpc) is 2.76. The molecule has 0 amide bonds. The fourth-order valence-electron chi connectivity index (χ4n) is 1.99. The molecule has 0 spiro atoms. The Morgan fingerprint density at radius 3 is 3.07 bits per heavy atom. The van der Waals surface area contributed by atoms with Gasteiger partial charge in [-0.1, -0.05) is 0 Å². The van der Waals surface area contributed by atoms with Crippen LogP contribution in [0, 0.1) is 6.92 Å². The van der Waals surface area contributed by atoms with E-state index in [1.165, 1.54) is 0 Å². The Bertz CT molecular complexity index is 331. The van der Waals surface area contributed by atoms with Crippen LogP contribution in [-0.2, 0) is 11.2 Å². The third kappa shape index (κ3) is 2.38. The van der Waals surface area contributed by atoms with Gasteiger partial charge >= 0.3 is 0 Å². The standard InChI is InChI=1S/C11H18N2OS/c1-8-7-15-10(13-8)6-9(12)11(2)4-3-5-14-11/h7,9H,3-6,12H2,1-2H3. The van der Waals surface area contributed by atoms with Crippen LogP contribution in [0.2, 0.25) is 0 Å². The Kier molecular flexibility index (Phi) is 3.09. The van der Waals surface area contributed by atoms with Crippen molar-refractivity contribution in [2.75, 3.05) is 6.61 Å². The lowest BCUT2D eigenvalue weighted by Gasteiger charge is -2.29. The molecule has 3 nitrogen and oxygen atoms in total. The van der Waals surface area contributed by atoms with Crippen LogP contribution in [0.5, 0.6) is 0 Å². The van der Waals surface area contributed by atoms with Crippen LogP contribution in [0.25, 0.3) is 0 Å². The Morgan fingerprint density at radius 2 is 2.53 bits per heavy atom. The van der Waals surface area contributed by atoms with E-state index in [0.717, 1.165) is 36.6 Å². The van der Waals surface area contributed by atoms with Crippen LogP contribution in [0.15, 0.2) is 5.38 Å². The second kappa shape index (κ2) is 4.20. The van der Waals surface area contributed by atoms with E-state index in [2.05, 4.69) is 17.3 Å². The van der Waals surface area contributed by atoms with E-state index in [1.54, 1.807) is 11.3 Å². The van der Waals surface area contributed by atoms with Crippen molar-refractivity contribution in [1.82, 2.24) is 4.98 Å². The minimum atomic E-state index is -0.139. The van der Waals surface area contributed by atoms with Crippen LogP contribution < -0.4 is 5.73 Å². The predicted octanol–water partition coefficient (Wildman–Crippen LogP) is 1.89. The van der Waals surface area contributed by atoms with Crippen LogP contribution in [0.1, 0.15) is 30.5 Å². The molecule has 1 fully saturated rings. The van der Waals surface area contributed by atoms with Gasteiger partial charge in [0, 0.05) is 30.1 Å². The van der Waals surface area contributed by atoms with Gasteiger partial charge < -0.3 is 10.5 Å². The van der Waals surface area contributed by atoms with Gasteiger partial charge in [-0.25, -0.2) is 4.98 Å². The van der Waals surface area contributed by atoms with Crippen molar-refractivity contribution in [2.45, 2.75) is 44.8 Å². The Hall–Kier alpha value is -0.450. The summed E-state index contributed by atoms with van der Waals surface area (Å²) in [7, 11) is 0. The van der Waals surface area contributed by atoms with Gasteiger partial charge in [-0.05, 0) is 26.7 Å². The quantitative estimate of drug-likeness (QED) is 0.856. The number of thiazole rings is 1. The molecule has 0 radical (unpaired) electrons. The summed E-state index contributed by atoms with van der Waals surface area (Å²) >= 11 is 1.69. The summed E-state index contributed by atoms with van der Waals surface area (Å²) < 4.78 is 5.73. The molecule has 2 unspecified atom stereocenters. The first-order valence-corrected chi connectivity index (χ1v) is 6.29. The van der Waals surface area contributed by atoms with Crippen molar-refractivity contribution < 1.29 is 4.74 Å². The first-order chi connectivity index (χ1) is 7.10. The maximum absolute atomic E-state index is 6.20. The van der Waals surface area contributed by atoms with Crippen molar-refractivity contribution in [1.29, 1.82) is 0 Å². The highest BCUT2D eigenvalue weighted by atomic mass is 32.1. The van der Waals surface area contributed by atoms with Crippen molar-refractivity contribution >= 4 is 11.3 Å². The summed E-state index contributed by atoms with van der Waals surface area (Å²) in [6, 6.07) is 0.0607. The van der Waals surface area contributed by atoms with Crippen LogP contribution in [-0.4, -0.2) is 23.2 Å². The monoisotopic (exact) mass is 226 g/mol. The summed E-state index contributed by atoms with van der Waals surface area (Å²) in [6.07, 6.45) is 3.02. The topological polar surface area (TPSA) is 48.1 Å². The molecule has 2 heterocycles. The Labute approximate surface area is 94.7 Å². The highest BCUT2D eigenvalue weighted by molar-refractivity contribution is 7.09. The first kappa shape index (κ1) is 11.0. The minimum absolute atomic E-state index is 0.0607. The molecule has 84 valence electrons. The Morgan fingerprint density at radius 1 is 1.73 bits per heavy atom. The van der Waals surface area contributed by atoms with E-state index in [9.17, 15) is 0 Å². The number of rotatable bonds is 3. The van der Waals surface area contributed by atoms with E-state index in [4.69, 9.17) is 10.5 Å². The molecule has 0 aromatic carbocycles. The molecule has 2 atom stereocenters. The van der Waals surface area contributed by atoms with Gasteiger partial charge in [0.25, 0.3) is 0 Å². The molecule has 2 N–H and O–H groups in total. The van der Waals surface area contributed by atoms with Crippen molar-refractivity contribution in [3.63, 3.8) is 0 Å². The SMILES string of the molecule is Cc1csc(CC(N)C2(C)CCCO2)n1. The van der Waals surface area contributed by atoms with E-state index in [1.807, 2.05) is 6.92 Å². The molecule has 1 aromatic heterocycles. The lowest BCUT2D eigenvalue weighted by molar-refractivity contribution is -0.000919. The molecule has 1 aliphatic rings. The highest BCUT2D eigenvalue weighted by Gasteiger charge is 2.36. The lowest BCUT2D eigenvalue weighted by Crippen LogP contribution is -2.46. The van der Waals surface area contributed by atoms with Gasteiger partial charge in [-0.15, -0.1) is 11.3 Å². The second-order valence-electron chi connectivity index (χ2n) is 4.46. The second-order valence-corrected chi connectivity index (χ2v) is 5.40. The normalized spacial score (nSPS) is 28.2. The number of aryl methyl sites for hydroxylation is 1. The zero-order valence-electron chi connectivity index (χ0n) is 9.32. The molecule has 1 saturated heterocycles. The van der Waals surface area contributed by atoms with Crippen LogP contribution in [0.4, 0.5) is 0 Å². The molecule has 4 heteroatoms. The van der Waals surface area contributed by atoms with E-state index >= 15 is 0 Å². The summed E-state index contributed by atoms with van der Waals surface area (Å²) in [5.74, 6) is 0. The summed E-state index contributed by atoms with van der Waals surface area (Å²) in [6.45, 7) is 4.98. The molecule has 1 aliphatic heterocycles. The zero-order valence-corrected chi connectivity index (χ0v) is 10.1. The summed E-state index contributed by atoms with van der Waals surface area (Å²) in [5, 5.41) is 3.19. The lowest BCUT2D eigenvalue weighted by atomic mass is 9.92. The largest absolute Gasteiger partial charge is 0.374 e. The zero-order chi connectivity index (χ0) is 10.9. The van der Waals surface area contributed by atoms with E-state index in [-0.39, 0.29) is 11.6 Å². The number of nitrogens with two attached hydrogens (primary N) is 1. The smallest absolute Gasteiger partial charge is 0.0944 e. The maximum atomic E-state index is 6.20. The predicted molar refractivity (Wildman–Crippen MR) is 62.1 cm³/mol. The molecule has 2 rings (SSSR count). The van der Waals surface area contributed by atoms with E-state index < -0.39 is 0 Å². The molecular weight excluding hydrogens is 208 g/mol. The van der Waals surface area contributed by atoms with Gasteiger partial charge in [0.15, 0.2) is 0 Å². The molecule has 0 saturated carbocycles. The fraction of sp³-hybridized carbons (Fsp3) is 0.727. The molecule has 0 aliphatic carbocycles. The van der Waals surface area contributed by atoms with Crippen molar-refractivity contribution in [3.8, 4) is 0 Å².